The highest BCUT2D eigenvalue weighted by Gasteiger charge is 2.18. The lowest BCUT2D eigenvalue weighted by molar-refractivity contribution is 0.0687. The number of nitrogens with zero attached hydrogens (tertiary/aromatic N) is 1. The fraction of sp³-hybridized carbons (Fsp3) is 0.500. The molecule has 0 spiro atoms. The van der Waals surface area contributed by atoms with Crippen molar-refractivity contribution in [1.82, 2.24) is 4.90 Å². The number of aliphatic hydroxyl groups is 1. The van der Waals surface area contributed by atoms with Gasteiger partial charge in [0.05, 0.1) is 32.4 Å². The SMILES string of the molecule is COc1cc(C)ccc1C(=O)CN(CCO)CC(F)F. The molecular formula is C14H19F2NO3. The number of aryl methyl sites for hydroxylation is 1. The summed E-state index contributed by atoms with van der Waals surface area (Å²) in [6.45, 7) is 0.908. The molecule has 0 saturated carbocycles. The number of ketones is 1. The number of hydrogen-bond donors (Lipinski definition) is 1. The maximum Gasteiger partial charge on any atom is 0.251 e. The van der Waals surface area contributed by atoms with Gasteiger partial charge in [-0.1, -0.05) is 6.07 Å². The molecule has 4 nitrogen and oxygen atoms in total. The number of benzene rings is 1. The first-order valence-electron chi connectivity index (χ1n) is 6.27. The van der Waals surface area contributed by atoms with Crippen LogP contribution in [0.5, 0.6) is 5.75 Å². The minimum Gasteiger partial charge on any atom is -0.496 e. The Morgan fingerprint density at radius 2 is 2.15 bits per heavy atom. The van der Waals surface area contributed by atoms with Crippen LogP contribution in [0.3, 0.4) is 0 Å². The Morgan fingerprint density at radius 1 is 1.45 bits per heavy atom. The molecule has 0 amide bonds. The molecule has 20 heavy (non-hydrogen) atoms. The van der Waals surface area contributed by atoms with Crippen LogP contribution in [0.1, 0.15) is 15.9 Å². The zero-order chi connectivity index (χ0) is 15.1. The molecule has 1 aromatic carbocycles. The second kappa shape index (κ2) is 7.91. The predicted molar refractivity (Wildman–Crippen MR) is 71.6 cm³/mol. The Kier molecular flexibility index (Phi) is 6.54. The fourth-order valence-corrected chi connectivity index (χ4v) is 1.89. The number of aliphatic hydroxyl groups excluding tert-OH is 1. The van der Waals surface area contributed by atoms with Crippen LogP contribution in [0.15, 0.2) is 18.2 Å². The number of alkyl halides is 2. The van der Waals surface area contributed by atoms with E-state index in [4.69, 9.17) is 9.84 Å². The number of rotatable bonds is 8. The second-order valence-electron chi connectivity index (χ2n) is 4.48. The Balaban J connectivity index is 2.82. The van der Waals surface area contributed by atoms with E-state index in [1.165, 1.54) is 12.0 Å². The largest absolute Gasteiger partial charge is 0.496 e. The van der Waals surface area contributed by atoms with Crippen molar-refractivity contribution >= 4 is 5.78 Å². The fourth-order valence-electron chi connectivity index (χ4n) is 1.89. The molecule has 0 fully saturated rings. The first-order valence-corrected chi connectivity index (χ1v) is 6.27. The maximum atomic E-state index is 12.4. The smallest absolute Gasteiger partial charge is 0.251 e. The van der Waals surface area contributed by atoms with Gasteiger partial charge in [-0.05, 0) is 24.6 Å². The summed E-state index contributed by atoms with van der Waals surface area (Å²) < 4.78 is 29.9. The predicted octanol–water partition coefficient (Wildman–Crippen LogP) is 1.75. The van der Waals surface area contributed by atoms with Crippen LogP contribution in [0, 0.1) is 6.92 Å². The Labute approximate surface area is 117 Å². The lowest BCUT2D eigenvalue weighted by Crippen LogP contribution is -2.36. The highest BCUT2D eigenvalue weighted by atomic mass is 19.3. The normalized spacial score (nSPS) is 11.2. The van der Waals surface area contributed by atoms with Gasteiger partial charge in [0.1, 0.15) is 5.75 Å². The minimum atomic E-state index is -2.55. The molecular weight excluding hydrogens is 268 g/mol. The monoisotopic (exact) mass is 287 g/mol. The number of methoxy groups -OCH3 is 1. The highest BCUT2D eigenvalue weighted by Crippen LogP contribution is 2.20. The van der Waals surface area contributed by atoms with Gasteiger partial charge in [0.15, 0.2) is 5.78 Å². The van der Waals surface area contributed by atoms with Crippen LogP contribution in [0.2, 0.25) is 0 Å². The van der Waals surface area contributed by atoms with Crippen molar-refractivity contribution in [2.24, 2.45) is 0 Å². The van der Waals surface area contributed by atoms with Gasteiger partial charge in [-0.3, -0.25) is 9.69 Å². The van der Waals surface area contributed by atoms with Crippen molar-refractivity contribution in [3.63, 3.8) is 0 Å². The summed E-state index contributed by atoms with van der Waals surface area (Å²) in [6, 6.07) is 5.10. The summed E-state index contributed by atoms with van der Waals surface area (Å²) in [4.78, 5) is 13.4. The van der Waals surface area contributed by atoms with Gasteiger partial charge < -0.3 is 9.84 Å². The van der Waals surface area contributed by atoms with Gasteiger partial charge in [0.25, 0.3) is 6.43 Å². The molecule has 1 aromatic rings. The van der Waals surface area contributed by atoms with Crippen molar-refractivity contribution in [2.75, 3.05) is 33.4 Å². The van der Waals surface area contributed by atoms with Crippen LogP contribution in [0.25, 0.3) is 0 Å². The molecule has 112 valence electrons. The third-order valence-corrected chi connectivity index (χ3v) is 2.84. The van der Waals surface area contributed by atoms with Gasteiger partial charge in [0.2, 0.25) is 0 Å². The summed E-state index contributed by atoms with van der Waals surface area (Å²) >= 11 is 0. The topological polar surface area (TPSA) is 49.8 Å². The molecule has 0 aliphatic rings. The van der Waals surface area contributed by atoms with Gasteiger partial charge in [-0.25, -0.2) is 8.78 Å². The molecule has 0 bridgehead atoms. The minimum absolute atomic E-state index is 0.0320. The first-order chi connectivity index (χ1) is 9.47. The average molecular weight is 287 g/mol. The quantitative estimate of drug-likeness (QED) is 0.740. The van der Waals surface area contributed by atoms with E-state index in [0.29, 0.717) is 11.3 Å². The Bertz CT molecular complexity index is 452. The lowest BCUT2D eigenvalue weighted by atomic mass is 10.1. The van der Waals surface area contributed by atoms with Crippen molar-refractivity contribution in [3.8, 4) is 5.75 Å². The zero-order valence-electron chi connectivity index (χ0n) is 11.6. The van der Waals surface area contributed by atoms with Gasteiger partial charge in [0, 0.05) is 6.54 Å². The molecule has 0 aromatic heterocycles. The van der Waals surface area contributed by atoms with Gasteiger partial charge >= 0.3 is 0 Å². The van der Waals surface area contributed by atoms with E-state index >= 15 is 0 Å². The highest BCUT2D eigenvalue weighted by molar-refractivity contribution is 6.00. The number of ether oxygens (including phenoxy) is 1. The van der Waals surface area contributed by atoms with E-state index in [-0.39, 0.29) is 25.5 Å². The van der Waals surface area contributed by atoms with Crippen molar-refractivity contribution in [2.45, 2.75) is 13.3 Å². The number of carbonyl (C=O) groups is 1. The third-order valence-electron chi connectivity index (χ3n) is 2.84. The van der Waals surface area contributed by atoms with Gasteiger partial charge in [-0.2, -0.15) is 0 Å². The van der Waals surface area contributed by atoms with E-state index in [9.17, 15) is 13.6 Å². The summed E-state index contributed by atoms with van der Waals surface area (Å²) in [7, 11) is 1.45. The van der Waals surface area contributed by atoms with E-state index < -0.39 is 13.0 Å². The van der Waals surface area contributed by atoms with E-state index in [1.807, 2.05) is 6.92 Å². The zero-order valence-corrected chi connectivity index (χ0v) is 11.6. The molecule has 0 unspecified atom stereocenters. The van der Waals surface area contributed by atoms with Crippen molar-refractivity contribution < 1.29 is 23.4 Å². The molecule has 1 rings (SSSR count). The molecule has 0 radical (unpaired) electrons. The standard InChI is InChI=1S/C14H19F2NO3/c1-10-3-4-11(13(7-10)20-2)12(19)8-17(5-6-18)9-14(15)16/h3-4,7,14,18H,5-6,8-9H2,1-2H3. The number of Topliss-reactive ketones (excluding diaryl/α,β-unsaturated/α-hetero) is 1. The molecule has 0 heterocycles. The second-order valence-corrected chi connectivity index (χ2v) is 4.48. The summed E-state index contributed by atoms with van der Waals surface area (Å²) in [5.41, 5.74) is 1.30. The van der Waals surface area contributed by atoms with E-state index in [2.05, 4.69) is 0 Å². The molecule has 0 atom stereocenters. The molecule has 0 aliphatic heterocycles. The van der Waals surface area contributed by atoms with Crippen molar-refractivity contribution in [1.29, 1.82) is 0 Å². The van der Waals surface area contributed by atoms with Crippen LogP contribution >= 0.6 is 0 Å². The average Bonchev–Trinajstić information content (AvgIpc) is 2.37. The molecule has 6 heteroatoms. The lowest BCUT2D eigenvalue weighted by Gasteiger charge is -2.20. The number of halogens is 2. The molecule has 0 aliphatic carbocycles. The molecule has 0 saturated heterocycles. The third kappa shape index (κ3) is 4.86. The summed E-state index contributed by atoms with van der Waals surface area (Å²) in [5.74, 6) is 0.118. The van der Waals surface area contributed by atoms with Crippen LogP contribution in [0.4, 0.5) is 8.78 Å². The van der Waals surface area contributed by atoms with Gasteiger partial charge in [-0.15, -0.1) is 0 Å². The maximum absolute atomic E-state index is 12.4. The Hall–Kier alpha value is -1.53. The number of carbonyl (C=O) groups excluding carboxylic acids is 1. The van der Waals surface area contributed by atoms with E-state index in [1.54, 1.807) is 18.2 Å². The summed E-state index contributed by atoms with van der Waals surface area (Å²) in [5, 5.41) is 8.85. The first kappa shape index (κ1) is 16.5. The summed E-state index contributed by atoms with van der Waals surface area (Å²) in [6.07, 6.45) is -2.55. The number of hydrogen-bond acceptors (Lipinski definition) is 4. The Morgan fingerprint density at radius 3 is 2.70 bits per heavy atom. The molecule has 1 N–H and O–H groups in total. The van der Waals surface area contributed by atoms with E-state index in [0.717, 1.165) is 5.56 Å². The van der Waals surface area contributed by atoms with Crippen LogP contribution in [-0.4, -0.2) is 55.6 Å². The van der Waals surface area contributed by atoms with Crippen LogP contribution in [-0.2, 0) is 0 Å². The van der Waals surface area contributed by atoms with Crippen LogP contribution < -0.4 is 4.74 Å². The van der Waals surface area contributed by atoms with Crippen molar-refractivity contribution in [3.05, 3.63) is 29.3 Å².